The van der Waals surface area contributed by atoms with Crippen molar-refractivity contribution in [3.63, 3.8) is 0 Å². The van der Waals surface area contributed by atoms with Crippen molar-refractivity contribution in [2.24, 2.45) is 11.7 Å². The Hall–Kier alpha value is -1.14. The zero-order valence-corrected chi connectivity index (χ0v) is 12.7. The van der Waals surface area contributed by atoms with Crippen molar-refractivity contribution in [3.05, 3.63) is 0 Å². The van der Waals surface area contributed by atoms with E-state index in [2.05, 4.69) is 10.2 Å². The van der Waals surface area contributed by atoms with Crippen molar-refractivity contribution in [2.75, 3.05) is 46.3 Å². The maximum atomic E-state index is 12.1. The number of likely N-dealkylation sites (N-methyl/N-ethyl adjacent to an activating group) is 1. The number of nitrogens with one attached hydrogen (secondary N) is 1. The van der Waals surface area contributed by atoms with Gasteiger partial charge in [0, 0.05) is 13.6 Å². The maximum Gasteiger partial charge on any atom is 0.239 e. The number of amides is 2. The van der Waals surface area contributed by atoms with Gasteiger partial charge in [0.1, 0.15) is 0 Å². The molecule has 6 heteroatoms. The summed E-state index contributed by atoms with van der Waals surface area (Å²) >= 11 is 0. The molecule has 0 aromatic heterocycles. The molecule has 0 unspecified atom stereocenters. The summed E-state index contributed by atoms with van der Waals surface area (Å²) in [4.78, 5) is 27.3. The zero-order chi connectivity index (χ0) is 15.0. The fourth-order valence-electron chi connectivity index (χ4n) is 2.32. The number of carbonyl (C=O) groups excluding carboxylic acids is 2. The highest BCUT2D eigenvalue weighted by molar-refractivity contribution is 5.85. The molecule has 1 fully saturated rings. The van der Waals surface area contributed by atoms with Gasteiger partial charge in [0.05, 0.1) is 13.1 Å². The molecule has 3 N–H and O–H groups in total. The zero-order valence-electron chi connectivity index (χ0n) is 12.7. The van der Waals surface area contributed by atoms with Crippen molar-refractivity contribution >= 4 is 11.8 Å². The van der Waals surface area contributed by atoms with E-state index in [0.29, 0.717) is 19.0 Å². The highest BCUT2D eigenvalue weighted by atomic mass is 16.2. The Labute approximate surface area is 121 Å². The fourth-order valence-corrected chi connectivity index (χ4v) is 2.32. The Morgan fingerprint density at radius 1 is 1.35 bits per heavy atom. The Bertz CT molecular complexity index is 314. The van der Waals surface area contributed by atoms with Gasteiger partial charge in [-0.2, -0.15) is 0 Å². The molecular formula is C14H28N4O2. The lowest BCUT2D eigenvalue weighted by Crippen LogP contribution is -2.45. The van der Waals surface area contributed by atoms with E-state index in [-0.39, 0.29) is 18.4 Å². The van der Waals surface area contributed by atoms with E-state index < -0.39 is 0 Å². The van der Waals surface area contributed by atoms with E-state index >= 15 is 0 Å². The van der Waals surface area contributed by atoms with Crippen LogP contribution in [0.1, 0.15) is 26.2 Å². The summed E-state index contributed by atoms with van der Waals surface area (Å²) in [5.74, 6) is 0.506. The van der Waals surface area contributed by atoms with Gasteiger partial charge in [0.15, 0.2) is 0 Å². The molecule has 0 aliphatic carbocycles. The van der Waals surface area contributed by atoms with Crippen molar-refractivity contribution in [3.8, 4) is 0 Å². The largest absolute Gasteiger partial charge is 0.355 e. The number of hydrogen-bond acceptors (Lipinski definition) is 4. The van der Waals surface area contributed by atoms with E-state index in [1.807, 2.05) is 6.92 Å². The van der Waals surface area contributed by atoms with Gasteiger partial charge in [-0.05, 0) is 44.8 Å². The minimum atomic E-state index is -0.0930. The number of nitrogens with two attached hydrogens (primary N) is 1. The van der Waals surface area contributed by atoms with Crippen LogP contribution < -0.4 is 11.1 Å². The van der Waals surface area contributed by atoms with E-state index in [1.165, 1.54) is 4.90 Å². The van der Waals surface area contributed by atoms with Crippen molar-refractivity contribution in [1.82, 2.24) is 15.1 Å². The smallest absolute Gasteiger partial charge is 0.239 e. The molecule has 0 aromatic rings. The highest BCUT2D eigenvalue weighted by Gasteiger charge is 2.21. The second-order valence-corrected chi connectivity index (χ2v) is 5.55. The molecule has 0 atom stereocenters. The Morgan fingerprint density at radius 2 is 2.00 bits per heavy atom. The standard InChI is InChI=1S/C14H28N4O2/c1-3-6-16-13(19)10-17(2)14(20)11-18-7-4-12(9-15)5-8-18/h12H,3-11,15H2,1-2H3,(H,16,19). The second-order valence-electron chi connectivity index (χ2n) is 5.55. The average Bonchev–Trinajstić information content (AvgIpc) is 2.45. The molecule has 1 aliphatic rings. The van der Waals surface area contributed by atoms with Gasteiger partial charge in [-0.25, -0.2) is 0 Å². The van der Waals surface area contributed by atoms with E-state index in [9.17, 15) is 9.59 Å². The normalized spacial score (nSPS) is 16.9. The summed E-state index contributed by atoms with van der Waals surface area (Å²) in [5, 5.41) is 2.77. The van der Waals surface area contributed by atoms with Gasteiger partial charge in [-0.15, -0.1) is 0 Å². The molecule has 20 heavy (non-hydrogen) atoms. The third-order valence-corrected chi connectivity index (χ3v) is 3.78. The topological polar surface area (TPSA) is 78.7 Å². The molecule has 116 valence electrons. The molecule has 1 saturated heterocycles. The van der Waals surface area contributed by atoms with Crippen LogP contribution in [0.3, 0.4) is 0 Å². The molecule has 0 spiro atoms. The van der Waals surface area contributed by atoms with Crippen LogP contribution in [0.2, 0.25) is 0 Å². The van der Waals surface area contributed by atoms with Crippen LogP contribution in [0, 0.1) is 5.92 Å². The van der Waals surface area contributed by atoms with Gasteiger partial charge in [0.25, 0.3) is 0 Å². The molecule has 1 rings (SSSR count). The number of hydrogen-bond donors (Lipinski definition) is 2. The van der Waals surface area contributed by atoms with Gasteiger partial charge >= 0.3 is 0 Å². The van der Waals surface area contributed by atoms with Crippen LogP contribution in [0.25, 0.3) is 0 Å². The van der Waals surface area contributed by atoms with Gasteiger partial charge < -0.3 is 16.0 Å². The van der Waals surface area contributed by atoms with E-state index in [0.717, 1.165) is 38.9 Å². The summed E-state index contributed by atoms with van der Waals surface area (Å²) < 4.78 is 0. The lowest BCUT2D eigenvalue weighted by molar-refractivity contribution is -0.135. The molecular weight excluding hydrogens is 256 g/mol. The Balaban J connectivity index is 2.26. The minimum absolute atomic E-state index is 0.00264. The molecule has 0 saturated carbocycles. The first-order valence-corrected chi connectivity index (χ1v) is 7.49. The Kier molecular flexibility index (Phi) is 7.54. The van der Waals surface area contributed by atoms with Crippen LogP contribution in [-0.2, 0) is 9.59 Å². The highest BCUT2D eigenvalue weighted by Crippen LogP contribution is 2.15. The van der Waals surface area contributed by atoms with Gasteiger partial charge in [-0.3, -0.25) is 14.5 Å². The molecule has 0 aromatic carbocycles. The first-order valence-electron chi connectivity index (χ1n) is 7.49. The number of nitrogens with zero attached hydrogens (tertiary/aromatic N) is 2. The minimum Gasteiger partial charge on any atom is -0.355 e. The van der Waals surface area contributed by atoms with Crippen LogP contribution in [-0.4, -0.2) is 67.9 Å². The lowest BCUT2D eigenvalue weighted by Gasteiger charge is -2.31. The lowest BCUT2D eigenvalue weighted by atomic mass is 9.97. The number of carbonyl (C=O) groups is 2. The molecule has 0 radical (unpaired) electrons. The molecule has 0 bridgehead atoms. The summed E-state index contributed by atoms with van der Waals surface area (Å²) in [6, 6.07) is 0. The Morgan fingerprint density at radius 3 is 2.55 bits per heavy atom. The molecule has 2 amide bonds. The predicted molar refractivity (Wildman–Crippen MR) is 79.2 cm³/mol. The average molecular weight is 284 g/mol. The third-order valence-electron chi connectivity index (χ3n) is 3.78. The maximum absolute atomic E-state index is 12.1. The number of likely N-dealkylation sites (tertiary alicyclic amines) is 1. The van der Waals surface area contributed by atoms with E-state index in [1.54, 1.807) is 7.05 Å². The van der Waals surface area contributed by atoms with Gasteiger partial charge in [0.2, 0.25) is 11.8 Å². The van der Waals surface area contributed by atoms with Crippen LogP contribution in [0.4, 0.5) is 0 Å². The molecule has 1 heterocycles. The van der Waals surface area contributed by atoms with Crippen molar-refractivity contribution in [2.45, 2.75) is 26.2 Å². The van der Waals surface area contributed by atoms with Crippen molar-refractivity contribution < 1.29 is 9.59 Å². The SMILES string of the molecule is CCCNC(=O)CN(C)C(=O)CN1CCC(CN)CC1. The summed E-state index contributed by atoms with van der Waals surface area (Å²) in [5.41, 5.74) is 5.65. The summed E-state index contributed by atoms with van der Waals surface area (Å²) in [7, 11) is 1.68. The second kappa shape index (κ2) is 8.92. The van der Waals surface area contributed by atoms with Crippen molar-refractivity contribution in [1.29, 1.82) is 0 Å². The van der Waals surface area contributed by atoms with Crippen LogP contribution >= 0.6 is 0 Å². The van der Waals surface area contributed by atoms with Crippen LogP contribution in [0.15, 0.2) is 0 Å². The third kappa shape index (κ3) is 5.88. The summed E-state index contributed by atoms with van der Waals surface area (Å²) in [6.07, 6.45) is 3.02. The number of rotatable bonds is 7. The fraction of sp³-hybridized carbons (Fsp3) is 0.857. The van der Waals surface area contributed by atoms with E-state index in [4.69, 9.17) is 5.73 Å². The quantitative estimate of drug-likeness (QED) is 0.669. The van der Waals surface area contributed by atoms with Crippen LogP contribution in [0.5, 0.6) is 0 Å². The molecule has 1 aliphatic heterocycles. The predicted octanol–water partition coefficient (Wildman–Crippen LogP) is -0.358. The first-order chi connectivity index (χ1) is 9.56. The van der Waals surface area contributed by atoms with Gasteiger partial charge in [-0.1, -0.05) is 6.92 Å². The monoisotopic (exact) mass is 284 g/mol. The summed E-state index contributed by atoms with van der Waals surface area (Å²) in [6.45, 7) is 5.77. The number of piperidine rings is 1. The molecule has 6 nitrogen and oxygen atoms in total. The first kappa shape index (κ1) is 16.9.